The van der Waals surface area contributed by atoms with Crippen LogP contribution in [0.15, 0.2) is 36.7 Å². The van der Waals surface area contributed by atoms with Crippen LogP contribution in [0.25, 0.3) is 0 Å². The summed E-state index contributed by atoms with van der Waals surface area (Å²) >= 11 is 0. The second-order valence-electron chi connectivity index (χ2n) is 10.4. The molecular formula is C24H36BN3O4. The predicted molar refractivity (Wildman–Crippen MR) is 126 cm³/mol. The van der Waals surface area contributed by atoms with Gasteiger partial charge in [-0.05, 0) is 66.0 Å². The lowest BCUT2D eigenvalue weighted by Gasteiger charge is -2.34. The van der Waals surface area contributed by atoms with Gasteiger partial charge in [-0.25, -0.2) is 4.79 Å². The number of ether oxygens (including phenoxy) is 1. The Bertz CT molecular complexity index is 915. The number of amides is 1. The van der Waals surface area contributed by atoms with Crippen molar-refractivity contribution in [1.29, 1.82) is 0 Å². The summed E-state index contributed by atoms with van der Waals surface area (Å²) in [5, 5.41) is 4.49. The molecule has 0 saturated carbocycles. The standard InChI is InChI=1S/C24H36BN3O4/c1-22(2,3)28(21(29)30-8)14-13-18-9-11-19(12-10-18)16-27-17-20(15-26-27)25-31-23(4,5)24(6,7)32-25/h9-12,15,17H,13-14,16H2,1-8H3. The molecule has 2 heterocycles. The van der Waals surface area contributed by atoms with Gasteiger partial charge in [0, 0.05) is 29.9 Å². The molecule has 2 aromatic rings. The highest BCUT2D eigenvalue weighted by Crippen LogP contribution is 2.36. The average molecular weight is 441 g/mol. The molecule has 1 aliphatic rings. The SMILES string of the molecule is COC(=O)N(CCc1ccc(Cn2cc(B3OC(C)(C)C(C)(C)O3)cn2)cc1)C(C)(C)C. The predicted octanol–water partition coefficient (Wildman–Crippen LogP) is 3.64. The summed E-state index contributed by atoms with van der Waals surface area (Å²) in [6.07, 6.45) is 4.25. The highest BCUT2D eigenvalue weighted by atomic mass is 16.7. The van der Waals surface area contributed by atoms with Gasteiger partial charge in [-0.3, -0.25) is 4.68 Å². The summed E-state index contributed by atoms with van der Waals surface area (Å²) in [4.78, 5) is 13.8. The Labute approximate surface area is 192 Å². The van der Waals surface area contributed by atoms with Crippen molar-refractivity contribution in [1.82, 2.24) is 14.7 Å². The summed E-state index contributed by atoms with van der Waals surface area (Å²) in [5.41, 5.74) is 2.22. The summed E-state index contributed by atoms with van der Waals surface area (Å²) < 4.78 is 19.1. The molecule has 0 atom stereocenters. The summed E-state index contributed by atoms with van der Waals surface area (Å²) in [6, 6.07) is 8.41. The minimum atomic E-state index is -0.406. The normalized spacial score (nSPS) is 17.4. The lowest BCUT2D eigenvalue weighted by Crippen LogP contribution is -2.46. The first-order valence-corrected chi connectivity index (χ1v) is 11.1. The maximum Gasteiger partial charge on any atom is 0.498 e. The van der Waals surface area contributed by atoms with Crippen LogP contribution in [0.4, 0.5) is 4.79 Å². The molecule has 0 N–H and O–H groups in total. The minimum absolute atomic E-state index is 0.290. The van der Waals surface area contributed by atoms with Crippen molar-refractivity contribution in [2.75, 3.05) is 13.7 Å². The highest BCUT2D eigenvalue weighted by Gasteiger charge is 2.52. The van der Waals surface area contributed by atoms with Gasteiger partial charge in [0.25, 0.3) is 0 Å². The van der Waals surface area contributed by atoms with Crippen molar-refractivity contribution in [2.45, 2.75) is 78.2 Å². The van der Waals surface area contributed by atoms with Crippen LogP contribution < -0.4 is 5.46 Å². The molecule has 1 saturated heterocycles. The second-order valence-corrected chi connectivity index (χ2v) is 10.4. The monoisotopic (exact) mass is 441 g/mol. The van der Waals surface area contributed by atoms with Gasteiger partial charge in [0.05, 0.1) is 24.9 Å². The Morgan fingerprint density at radius 1 is 1.09 bits per heavy atom. The van der Waals surface area contributed by atoms with E-state index < -0.39 is 7.12 Å². The van der Waals surface area contributed by atoms with Gasteiger partial charge in [-0.2, -0.15) is 5.10 Å². The van der Waals surface area contributed by atoms with E-state index in [-0.39, 0.29) is 22.8 Å². The number of methoxy groups -OCH3 is 1. The van der Waals surface area contributed by atoms with E-state index in [1.165, 1.54) is 12.7 Å². The van der Waals surface area contributed by atoms with Gasteiger partial charge >= 0.3 is 13.2 Å². The molecule has 32 heavy (non-hydrogen) atoms. The van der Waals surface area contributed by atoms with E-state index in [1.807, 2.05) is 65.5 Å². The topological polar surface area (TPSA) is 65.8 Å². The lowest BCUT2D eigenvalue weighted by atomic mass is 9.82. The van der Waals surface area contributed by atoms with E-state index in [1.54, 1.807) is 4.90 Å². The van der Waals surface area contributed by atoms with Crippen LogP contribution in [0.3, 0.4) is 0 Å². The molecule has 8 heteroatoms. The smallest absolute Gasteiger partial charge is 0.453 e. The van der Waals surface area contributed by atoms with Crippen LogP contribution >= 0.6 is 0 Å². The number of hydrogen-bond donors (Lipinski definition) is 0. The number of carbonyl (C=O) groups excluding carboxylic acids is 1. The van der Waals surface area contributed by atoms with Crippen LogP contribution in [0.1, 0.15) is 59.6 Å². The zero-order valence-electron chi connectivity index (χ0n) is 20.6. The maximum absolute atomic E-state index is 12.1. The van der Waals surface area contributed by atoms with Crippen molar-refractivity contribution >= 4 is 18.7 Å². The Balaban J connectivity index is 1.59. The van der Waals surface area contributed by atoms with Crippen LogP contribution in [-0.2, 0) is 27.0 Å². The molecular weight excluding hydrogens is 405 g/mol. The summed E-state index contributed by atoms with van der Waals surface area (Å²) in [5.74, 6) is 0. The molecule has 1 aromatic heterocycles. The van der Waals surface area contributed by atoms with Crippen molar-refractivity contribution in [3.8, 4) is 0 Å². The third-order valence-electron chi connectivity index (χ3n) is 6.38. The van der Waals surface area contributed by atoms with Crippen LogP contribution in [0.2, 0.25) is 0 Å². The molecule has 0 spiro atoms. The number of aromatic nitrogens is 2. The van der Waals surface area contributed by atoms with E-state index in [9.17, 15) is 4.79 Å². The fraction of sp³-hybridized carbons (Fsp3) is 0.583. The number of rotatable bonds is 6. The first-order chi connectivity index (χ1) is 14.8. The Hall–Kier alpha value is -2.32. The first-order valence-electron chi connectivity index (χ1n) is 11.1. The van der Waals surface area contributed by atoms with E-state index >= 15 is 0 Å². The third-order valence-corrected chi connectivity index (χ3v) is 6.38. The molecule has 0 radical (unpaired) electrons. The average Bonchev–Trinajstić information content (AvgIpc) is 3.23. The number of benzene rings is 1. The van der Waals surface area contributed by atoms with Crippen LogP contribution in [0, 0.1) is 0 Å². The molecule has 1 aliphatic heterocycles. The fourth-order valence-electron chi connectivity index (χ4n) is 3.62. The molecule has 1 fully saturated rings. The van der Waals surface area contributed by atoms with E-state index in [0.717, 1.165) is 17.4 Å². The quantitative estimate of drug-likeness (QED) is 0.641. The zero-order valence-corrected chi connectivity index (χ0v) is 20.6. The van der Waals surface area contributed by atoms with E-state index in [2.05, 4.69) is 29.4 Å². The van der Waals surface area contributed by atoms with Gasteiger partial charge in [-0.15, -0.1) is 0 Å². The van der Waals surface area contributed by atoms with Crippen LogP contribution in [0.5, 0.6) is 0 Å². The molecule has 3 rings (SSSR count). The minimum Gasteiger partial charge on any atom is -0.453 e. The molecule has 1 aromatic carbocycles. The van der Waals surface area contributed by atoms with Gasteiger partial charge in [-0.1, -0.05) is 24.3 Å². The lowest BCUT2D eigenvalue weighted by molar-refractivity contribution is 0.00578. The molecule has 1 amide bonds. The van der Waals surface area contributed by atoms with Crippen molar-refractivity contribution in [2.24, 2.45) is 0 Å². The second kappa shape index (κ2) is 8.91. The van der Waals surface area contributed by atoms with E-state index in [4.69, 9.17) is 14.0 Å². The molecule has 174 valence electrons. The Morgan fingerprint density at radius 2 is 1.66 bits per heavy atom. The number of carbonyl (C=O) groups is 1. The van der Waals surface area contributed by atoms with Gasteiger partial charge < -0.3 is 18.9 Å². The molecule has 0 unspecified atom stereocenters. The van der Waals surface area contributed by atoms with Crippen molar-refractivity contribution < 1.29 is 18.8 Å². The fourth-order valence-corrected chi connectivity index (χ4v) is 3.62. The van der Waals surface area contributed by atoms with Gasteiger partial charge in [0.15, 0.2) is 0 Å². The van der Waals surface area contributed by atoms with E-state index in [0.29, 0.717) is 13.1 Å². The number of hydrogen-bond acceptors (Lipinski definition) is 5. The molecule has 7 nitrogen and oxygen atoms in total. The highest BCUT2D eigenvalue weighted by molar-refractivity contribution is 6.62. The number of nitrogens with zero attached hydrogens (tertiary/aromatic N) is 3. The summed E-state index contributed by atoms with van der Waals surface area (Å²) in [7, 11) is 1.01. The van der Waals surface area contributed by atoms with Gasteiger partial charge in [0.1, 0.15) is 0 Å². The first kappa shape index (κ1) is 24.3. The maximum atomic E-state index is 12.1. The van der Waals surface area contributed by atoms with Crippen molar-refractivity contribution in [3.63, 3.8) is 0 Å². The molecule has 0 aliphatic carbocycles. The summed E-state index contributed by atoms with van der Waals surface area (Å²) in [6.45, 7) is 15.5. The Kier molecular flexibility index (Phi) is 6.77. The Morgan fingerprint density at radius 3 is 2.19 bits per heavy atom. The third kappa shape index (κ3) is 5.35. The molecule has 0 bridgehead atoms. The zero-order chi connectivity index (χ0) is 23.7. The largest absolute Gasteiger partial charge is 0.498 e. The van der Waals surface area contributed by atoms with Crippen LogP contribution in [-0.4, -0.2) is 58.3 Å². The van der Waals surface area contributed by atoms with Crippen molar-refractivity contribution in [3.05, 3.63) is 47.8 Å². The van der Waals surface area contributed by atoms with Gasteiger partial charge in [0.2, 0.25) is 0 Å².